The molecule has 1 aromatic heterocycles. The molecule has 0 spiro atoms. The molecular formula is C22H27N3O3. The minimum Gasteiger partial charge on any atom is -0.467 e. The fourth-order valence-electron chi connectivity index (χ4n) is 4.20. The van der Waals surface area contributed by atoms with E-state index in [1.807, 2.05) is 17.0 Å². The molecule has 4 rings (SSSR count). The summed E-state index contributed by atoms with van der Waals surface area (Å²) in [4.78, 5) is 29.4. The molecule has 2 aromatic rings. The van der Waals surface area contributed by atoms with Crippen LogP contribution in [-0.2, 0) is 29.1 Å². The van der Waals surface area contributed by atoms with E-state index in [1.165, 1.54) is 11.1 Å². The van der Waals surface area contributed by atoms with Gasteiger partial charge >= 0.3 is 0 Å². The van der Waals surface area contributed by atoms with Gasteiger partial charge in [-0.2, -0.15) is 0 Å². The molecule has 3 heterocycles. The Balaban J connectivity index is 1.28. The molecule has 6 heteroatoms. The minimum absolute atomic E-state index is 0.0168. The second-order valence-electron chi connectivity index (χ2n) is 7.71. The van der Waals surface area contributed by atoms with Crippen LogP contribution in [0.15, 0.2) is 47.1 Å². The van der Waals surface area contributed by atoms with E-state index in [4.69, 9.17) is 4.42 Å². The van der Waals surface area contributed by atoms with Gasteiger partial charge in [0.25, 0.3) is 0 Å². The van der Waals surface area contributed by atoms with Crippen LogP contribution in [0.5, 0.6) is 0 Å². The number of nitrogens with zero attached hydrogens (tertiary/aromatic N) is 2. The van der Waals surface area contributed by atoms with E-state index in [-0.39, 0.29) is 17.7 Å². The Bertz CT molecular complexity index is 818. The lowest BCUT2D eigenvalue weighted by Crippen LogP contribution is -2.48. The van der Waals surface area contributed by atoms with Gasteiger partial charge in [0.15, 0.2) is 0 Å². The molecule has 0 bridgehead atoms. The van der Waals surface area contributed by atoms with E-state index in [1.54, 1.807) is 12.3 Å². The Hall–Kier alpha value is -2.60. The molecule has 0 aliphatic carbocycles. The summed E-state index contributed by atoms with van der Waals surface area (Å²) >= 11 is 0. The van der Waals surface area contributed by atoms with Gasteiger partial charge in [-0.3, -0.25) is 14.5 Å². The highest BCUT2D eigenvalue weighted by molar-refractivity contribution is 5.80. The summed E-state index contributed by atoms with van der Waals surface area (Å²) in [5.74, 6) is 0.925. The summed E-state index contributed by atoms with van der Waals surface area (Å²) in [6, 6.07) is 12.0. The van der Waals surface area contributed by atoms with Gasteiger partial charge in [-0.05, 0) is 49.1 Å². The fourth-order valence-corrected chi connectivity index (χ4v) is 4.20. The first-order valence-corrected chi connectivity index (χ1v) is 10.1. The van der Waals surface area contributed by atoms with E-state index in [9.17, 15) is 9.59 Å². The van der Waals surface area contributed by atoms with Crippen LogP contribution in [0.3, 0.4) is 0 Å². The van der Waals surface area contributed by atoms with Gasteiger partial charge in [0.1, 0.15) is 5.76 Å². The van der Waals surface area contributed by atoms with Gasteiger partial charge < -0.3 is 14.6 Å². The average molecular weight is 381 g/mol. The Labute approximate surface area is 165 Å². The zero-order chi connectivity index (χ0) is 19.3. The van der Waals surface area contributed by atoms with Crippen molar-refractivity contribution >= 4 is 11.8 Å². The highest BCUT2D eigenvalue weighted by Gasteiger charge is 2.31. The van der Waals surface area contributed by atoms with E-state index in [2.05, 4.69) is 28.4 Å². The predicted octanol–water partition coefficient (Wildman–Crippen LogP) is 2.19. The van der Waals surface area contributed by atoms with Crippen LogP contribution in [0, 0.1) is 5.92 Å². The average Bonchev–Trinajstić information content (AvgIpc) is 3.25. The van der Waals surface area contributed by atoms with Gasteiger partial charge in [0, 0.05) is 19.6 Å². The second kappa shape index (κ2) is 8.61. The van der Waals surface area contributed by atoms with Crippen molar-refractivity contribution < 1.29 is 14.0 Å². The number of amides is 2. The number of rotatable bonds is 5. The van der Waals surface area contributed by atoms with Crippen LogP contribution >= 0.6 is 0 Å². The molecule has 28 heavy (non-hydrogen) atoms. The third-order valence-corrected chi connectivity index (χ3v) is 5.70. The summed E-state index contributed by atoms with van der Waals surface area (Å²) in [5.41, 5.74) is 2.61. The first kappa shape index (κ1) is 18.7. The van der Waals surface area contributed by atoms with Crippen LogP contribution < -0.4 is 5.32 Å². The summed E-state index contributed by atoms with van der Waals surface area (Å²) in [6.45, 7) is 3.74. The summed E-state index contributed by atoms with van der Waals surface area (Å²) in [7, 11) is 0. The summed E-state index contributed by atoms with van der Waals surface area (Å²) in [6.07, 6.45) is 4.38. The molecule has 1 atom stereocenters. The smallest absolute Gasteiger partial charge is 0.234 e. The van der Waals surface area contributed by atoms with Gasteiger partial charge in [-0.25, -0.2) is 0 Å². The Morgan fingerprint density at radius 2 is 1.96 bits per heavy atom. The molecule has 2 amide bonds. The van der Waals surface area contributed by atoms with Crippen LogP contribution in [0.4, 0.5) is 0 Å². The Kier molecular flexibility index (Phi) is 5.76. The quantitative estimate of drug-likeness (QED) is 0.862. The number of hydrogen-bond donors (Lipinski definition) is 1. The highest BCUT2D eigenvalue weighted by Crippen LogP contribution is 2.24. The van der Waals surface area contributed by atoms with Crippen molar-refractivity contribution in [3.05, 3.63) is 59.5 Å². The molecule has 1 saturated heterocycles. The van der Waals surface area contributed by atoms with Crippen molar-refractivity contribution in [1.29, 1.82) is 0 Å². The van der Waals surface area contributed by atoms with E-state index < -0.39 is 0 Å². The topological polar surface area (TPSA) is 65.8 Å². The molecule has 1 fully saturated rings. The van der Waals surface area contributed by atoms with Gasteiger partial charge in [0.05, 0.1) is 25.3 Å². The number of fused-ring (bicyclic) bond motifs is 1. The number of benzene rings is 1. The monoisotopic (exact) mass is 381 g/mol. The largest absolute Gasteiger partial charge is 0.467 e. The maximum Gasteiger partial charge on any atom is 0.234 e. The zero-order valence-corrected chi connectivity index (χ0v) is 16.1. The van der Waals surface area contributed by atoms with Crippen LogP contribution in [0.25, 0.3) is 0 Å². The van der Waals surface area contributed by atoms with Crippen LogP contribution in [0.2, 0.25) is 0 Å². The third kappa shape index (κ3) is 4.44. The van der Waals surface area contributed by atoms with E-state index >= 15 is 0 Å². The van der Waals surface area contributed by atoms with Crippen LogP contribution in [0.1, 0.15) is 29.7 Å². The first-order valence-electron chi connectivity index (χ1n) is 10.1. The third-order valence-electron chi connectivity index (χ3n) is 5.70. The lowest BCUT2D eigenvalue weighted by Gasteiger charge is -2.36. The molecule has 0 radical (unpaired) electrons. The van der Waals surface area contributed by atoms with Gasteiger partial charge in [-0.15, -0.1) is 0 Å². The van der Waals surface area contributed by atoms with Crippen molar-refractivity contribution in [3.63, 3.8) is 0 Å². The molecule has 1 unspecified atom stereocenters. The number of carbonyl (C=O) groups is 2. The number of carbonyl (C=O) groups excluding carboxylic acids is 2. The molecule has 6 nitrogen and oxygen atoms in total. The van der Waals surface area contributed by atoms with E-state index in [0.29, 0.717) is 26.2 Å². The van der Waals surface area contributed by atoms with Gasteiger partial charge in [-0.1, -0.05) is 24.3 Å². The normalized spacial score (nSPS) is 19.9. The number of hydrogen-bond acceptors (Lipinski definition) is 4. The first-order chi connectivity index (χ1) is 13.7. The lowest BCUT2D eigenvalue weighted by atomic mass is 9.94. The second-order valence-corrected chi connectivity index (χ2v) is 7.71. The molecule has 2 aliphatic rings. The Morgan fingerprint density at radius 3 is 2.79 bits per heavy atom. The summed E-state index contributed by atoms with van der Waals surface area (Å²) in [5, 5.41) is 2.88. The highest BCUT2D eigenvalue weighted by atomic mass is 16.3. The van der Waals surface area contributed by atoms with E-state index in [0.717, 1.165) is 38.1 Å². The standard InChI is InChI=1S/C22H27N3O3/c26-21(23-13-20-8-4-12-28-20)16-24-10-3-7-19(14-24)22(27)25-11-9-17-5-1-2-6-18(17)15-25/h1-2,4-6,8,12,19H,3,7,9-11,13-16H2,(H,23,26). The molecule has 2 aliphatic heterocycles. The predicted molar refractivity (Wildman–Crippen MR) is 105 cm³/mol. The van der Waals surface area contributed by atoms with Crippen molar-refractivity contribution in [1.82, 2.24) is 15.1 Å². The molecule has 1 N–H and O–H groups in total. The van der Waals surface area contributed by atoms with Crippen molar-refractivity contribution in [3.8, 4) is 0 Å². The van der Waals surface area contributed by atoms with Crippen LogP contribution in [-0.4, -0.2) is 47.8 Å². The van der Waals surface area contributed by atoms with Crippen molar-refractivity contribution in [2.45, 2.75) is 32.4 Å². The summed E-state index contributed by atoms with van der Waals surface area (Å²) < 4.78 is 5.24. The lowest BCUT2D eigenvalue weighted by molar-refractivity contribution is -0.139. The minimum atomic E-state index is -0.0311. The molecular weight excluding hydrogens is 354 g/mol. The van der Waals surface area contributed by atoms with Crippen molar-refractivity contribution in [2.24, 2.45) is 5.92 Å². The fraction of sp³-hybridized carbons (Fsp3) is 0.455. The zero-order valence-electron chi connectivity index (χ0n) is 16.1. The van der Waals surface area contributed by atoms with Crippen molar-refractivity contribution in [2.75, 3.05) is 26.2 Å². The number of nitrogens with one attached hydrogen (secondary N) is 1. The van der Waals surface area contributed by atoms with Gasteiger partial charge in [0.2, 0.25) is 11.8 Å². The maximum atomic E-state index is 13.1. The maximum absolute atomic E-state index is 13.1. The number of furan rings is 1. The molecule has 1 aromatic carbocycles. The Morgan fingerprint density at radius 1 is 1.11 bits per heavy atom. The number of likely N-dealkylation sites (tertiary alicyclic amines) is 1. The molecule has 148 valence electrons. The SMILES string of the molecule is O=C(CN1CCCC(C(=O)N2CCc3ccccc3C2)C1)NCc1ccco1. The number of piperidine rings is 1. The molecule has 0 saturated carbocycles.